The molecule has 0 aliphatic carbocycles. The van der Waals surface area contributed by atoms with E-state index in [-0.39, 0.29) is 24.8 Å². The number of aromatic nitrogens is 1. The van der Waals surface area contributed by atoms with E-state index in [9.17, 15) is 9.59 Å². The molecule has 1 heterocycles. The van der Waals surface area contributed by atoms with Crippen molar-refractivity contribution in [3.8, 4) is 5.88 Å². The molecule has 0 saturated carbocycles. The lowest BCUT2D eigenvalue weighted by Gasteiger charge is -2.04. The fourth-order valence-corrected chi connectivity index (χ4v) is 1.41. The van der Waals surface area contributed by atoms with Crippen LogP contribution in [0.3, 0.4) is 0 Å². The number of nitrogens with one attached hydrogen (secondary N) is 1. The summed E-state index contributed by atoms with van der Waals surface area (Å²) >= 11 is 0. The van der Waals surface area contributed by atoms with Gasteiger partial charge in [-0.05, 0) is 24.9 Å². The van der Waals surface area contributed by atoms with Crippen molar-refractivity contribution in [1.82, 2.24) is 10.5 Å². The highest BCUT2D eigenvalue weighted by Crippen LogP contribution is 2.09. The zero-order valence-electron chi connectivity index (χ0n) is 10.8. The van der Waals surface area contributed by atoms with Crippen LogP contribution >= 0.6 is 0 Å². The van der Waals surface area contributed by atoms with Crippen molar-refractivity contribution >= 4 is 11.9 Å². The van der Waals surface area contributed by atoms with Crippen LogP contribution in [0, 0.1) is 6.92 Å². The number of aryl methyl sites for hydroxylation is 1. The molecule has 0 bridgehead atoms. The third-order valence-corrected chi connectivity index (χ3v) is 2.35. The van der Waals surface area contributed by atoms with Gasteiger partial charge in [0, 0.05) is 19.0 Å². The lowest BCUT2D eigenvalue weighted by molar-refractivity contribution is -0.137. The van der Waals surface area contributed by atoms with E-state index in [0.717, 1.165) is 12.8 Å². The Hall–Kier alpha value is -2.05. The van der Waals surface area contributed by atoms with Crippen LogP contribution in [0.2, 0.25) is 0 Å². The van der Waals surface area contributed by atoms with Gasteiger partial charge in [0.2, 0.25) is 0 Å². The van der Waals surface area contributed by atoms with E-state index in [4.69, 9.17) is 14.4 Å². The largest absolute Gasteiger partial charge is 0.481 e. The number of unbranched alkanes of at least 4 members (excludes halogenated alkanes) is 2. The molecule has 1 rings (SSSR count). The van der Waals surface area contributed by atoms with E-state index < -0.39 is 5.97 Å². The molecular weight excluding hydrogens is 252 g/mol. The number of ether oxygens (including phenoxy) is 1. The monoisotopic (exact) mass is 270 g/mol. The number of carbonyl (C=O) groups excluding carboxylic acids is 1. The standard InChI is InChI=1S/C12H18N2O5/c1-9-7-11(14-19-9)18-8-10(15)13-6-4-2-3-5-12(16)17/h7H,2-6,8H2,1H3,(H,13,15)(H,16,17). The van der Waals surface area contributed by atoms with Gasteiger partial charge in [0.15, 0.2) is 6.61 Å². The molecule has 1 aromatic heterocycles. The van der Waals surface area contributed by atoms with E-state index in [2.05, 4.69) is 10.5 Å². The Labute approximate surface area is 110 Å². The molecule has 0 unspecified atom stereocenters. The van der Waals surface area contributed by atoms with Crippen molar-refractivity contribution < 1.29 is 24.0 Å². The maximum absolute atomic E-state index is 11.4. The van der Waals surface area contributed by atoms with Crippen molar-refractivity contribution in [3.63, 3.8) is 0 Å². The molecule has 1 amide bonds. The van der Waals surface area contributed by atoms with Crippen molar-refractivity contribution in [2.45, 2.75) is 32.6 Å². The number of aliphatic carboxylic acids is 1. The summed E-state index contributed by atoms with van der Waals surface area (Å²) < 4.78 is 9.89. The van der Waals surface area contributed by atoms with Gasteiger partial charge < -0.3 is 19.7 Å². The van der Waals surface area contributed by atoms with Crippen molar-refractivity contribution in [2.75, 3.05) is 13.2 Å². The normalized spacial score (nSPS) is 10.2. The maximum Gasteiger partial charge on any atom is 0.303 e. The summed E-state index contributed by atoms with van der Waals surface area (Å²) in [5.41, 5.74) is 0. The maximum atomic E-state index is 11.4. The molecular formula is C12H18N2O5. The first-order chi connectivity index (χ1) is 9.08. The average molecular weight is 270 g/mol. The minimum Gasteiger partial charge on any atom is -0.481 e. The first-order valence-electron chi connectivity index (χ1n) is 6.12. The van der Waals surface area contributed by atoms with Gasteiger partial charge in [-0.15, -0.1) is 0 Å². The zero-order chi connectivity index (χ0) is 14.1. The highest BCUT2D eigenvalue weighted by Gasteiger charge is 2.05. The summed E-state index contributed by atoms with van der Waals surface area (Å²) in [6, 6.07) is 1.60. The van der Waals surface area contributed by atoms with E-state index in [0.29, 0.717) is 18.7 Å². The van der Waals surface area contributed by atoms with E-state index in [1.165, 1.54) is 0 Å². The Kier molecular flexibility index (Phi) is 6.42. The van der Waals surface area contributed by atoms with E-state index >= 15 is 0 Å². The summed E-state index contributed by atoms with van der Waals surface area (Å²) in [4.78, 5) is 21.6. The number of nitrogens with zero attached hydrogens (tertiary/aromatic N) is 1. The minimum absolute atomic E-state index is 0.110. The van der Waals surface area contributed by atoms with Gasteiger partial charge in [-0.1, -0.05) is 6.42 Å². The van der Waals surface area contributed by atoms with Crippen LogP contribution < -0.4 is 10.1 Å². The van der Waals surface area contributed by atoms with Gasteiger partial charge in [-0.2, -0.15) is 0 Å². The minimum atomic E-state index is -0.791. The average Bonchev–Trinajstić information content (AvgIpc) is 2.76. The van der Waals surface area contributed by atoms with Crippen LogP contribution in [0.25, 0.3) is 0 Å². The molecule has 0 aromatic carbocycles. The number of carboxylic acid groups (broad SMARTS) is 1. The van der Waals surface area contributed by atoms with Crippen molar-refractivity contribution in [3.05, 3.63) is 11.8 Å². The van der Waals surface area contributed by atoms with Crippen LogP contribution in [0.4, 0.5) is 0 Å². The Morgan fingerprint density at radius 1 is 1.42 bits per heavy atom. The molecule has 7 heteroatoms. The lowest BCUT2D eigenvalue weighted by atomic mass is 10.2. The second-order valence-electron chi connectivity index (χ2n) is 4.12. The fraction of sp³-hybridized carbons (Fsp3) is 0.583. The summed E-state index contributed by atoms with van der Waals surface area (Å²) in [6.07, 6.45) is 2.32. The van der Waals surface area contributed by atoms with Crippen molar-refractivity contribution in [1.29, 1.82) is 0 Å². The van der Waals surface area contributed by atoms with Gasteiger partial charge in [-0.25, -0.2) is 0 Å². The number of carboxylic acids is 1. The van der Waals surface area contributed by atoms with Crippen LogP contribution in [-0.2, 0) is 9.59 Å². The summed E-state index contributed by atoms with van der Waals surface area (Å²) in [5, 5.41) is 14.7. The zero-order valence-corrected chi connectivity index (χ0v) is 10.8. The number of rotatable bonds is 9. The van der Waals surface area contributed by atoms with E-state index in [1.54, 1.807) is 13.0 Å². The smallest absolute Gasteiger partial charge is 0.303 e. The summed E-state index contributed by atoms with van der Waals surface area (Å²) in [7, 11) is 0. The summed E-state index contributed by atoms with van der Waals surface area (Å²) in [5.74, 6) is -0.123. The number of hydrogen-bond donors (Lipinski definition) is 2. The molecule has 19 heavy (non-hydrogen) atoms. The molecule has 0 atom stereocenters. The Morgan fingerprint density at radius 2 is 2.21 bits per heavy atom. The molecule has 106 valence electrons. The predicted molar refractivity (Wildman–Crippen MR) is 65.8 cm³/mol. The molecule has 0 fully saturated rings. The quantitative estimate of drug-likeness (QED) is 0.652. The highest BCUT2D eigenvalue weighted by molar-refractivity contribution is 5.77. The second-order valence-corrected chi connectivity index (χ2v) is 4.12. The SMILES string of the molecule is Cc1cc(OCC(=O)NCCCCCC(=O)O)no1. The van der Waals surface area contributed by atoms with Crippen LogP contribution in [0.1, 0.15) is 31.4 Å². The molecule has 0 radical (unpaired) electrons. The number of carbonyl (C=O) groups is 2. The van der Waals surface area contributed by atoms with Crippen molar-refractivity contribution in [2.24, 2.45) is 0 Å². The Balaban J connectivity index is 2.00. The molecule has 0 saturated heterocycles. The molecule has 7 nitrogen and oxygen atoms in total. The van der Waals surface area contributed by atoms with Gasteiger partial charge in [0.05, 0.1) is 0 Å². The molecule has 1 aromatic rings. The third kappa shape index (κ3) is 7.07. The topological polar surface area (TPSA) is 102 Å². The van der Waals surface area contributed by atoms with Crippen LogP contribution in [0.5, 0.6) is 5.88 Å². The van der Waals surface area contributed by atoms with Crippen LogP contribution in [0.15, 0.2) is 10.6 Å². The van der Waals surface area contributed by atoms with Gasteiger partial charge >= 0.3 is 5.97 Å². The highest BCUT2D eigenvalue weighted by atomic mass is 16.5. The Bertz CT molecular complexity index is 416. The van der Waals surface area contributed by atoms with Gasteiger partial charge in [0.1, 0.15) is 5.76 Å². The fourth-order valence-electron chi connectivity index (χ4n) is 1.41. The molecule has 0 aliphatic heterocycles. The lowest BCUT2D eigenvalue weighted by Crippen LogP contribution is -2.29. The van der Waals surface area contributed by atoms with Crippen LogP contribution in [-0.4, -0.2) is 35.3 Å². The van der Waals surface area contributed by atoms with E-state index in [1.807, 2.05) is 0 Å². The predicted octanol–water partition coefficient (Wildman–Crippen LogP) is 1.12. The number of amides is 1. The number of hydrogen-bond acceptors (Lipinski definition) is 5. The van der Waals surface area contributed by atoms with Gasteiger partial charge in [-0.3, -0.25) is 9.59 Å². The van der Waals surface area contributed by atoms with Gasteiger partial charge in [0.25, 0.3) is 11.8 Å². The molecule has 2 N–H and O–H groups in total. The molecule has 0 spiro atoms. The second kappa shape index (κ2) is 8.12. The summed E-state index contributed by atoms with van der Waals surface area (Å²) in [6.45, 7) is 2.14. The first-order valence-corrected chi connectivity index (χ1v) is 6.12. The Morgan fingerprint density at radius 3 is 2.84 bits per heavy atom. The third-order valence-electron chi connectivity index (χ3n) is 2.35. The molecule has 0 aliphatic rings. The first kappa shape index (κ1) is 15.0.